The first kappa shape index (κ1) is 20.9. The molecule has 172 valence electrons. The summed E-state index contributed by atoms with van der Waals surface area (Å²) in [7, 11) is 0. The van der Waals surface area contributed by atoms with Gasteiger partial charge in [-0.25, -0.2) is 14.2 Å². The van der Waals surface area contributed by atoms with Gasteiger partial charge >= 0.3 is 6.03 Å². The van der Waals surface area contributed by atoms with Crippen LogP contribution in [0, 0.1) is 12.7 Å². The third-order valence-electron chi connectivity index (χ3n) is 6.70. The van der Waals surface area contributed by atoms with Gasteiger partial charge in [0.25, 0.3) is 0 Å². The Morgan fingerprint density at radius 3 is 2.97 bits per heavy atom. The van der Waals surface area contributed by atoms with Crippen molar-refractivity contribution in [2.75, 3.05) is 5.32 Å². The van der Waals surface area contributed by atoms with Crippen LogP contribution in [-0.4, -0.2) is 26.9 Å². The van der Waals surface area contributed by atoms with E-state index in [1.54, 1.807) is 42.3 Å². The average Bonchev–Trinajstić information content (AvgIpc) is 3.33. The van der Waals surface area contributed by atoms with Gasteiger partial charge in [-0.15, -0.1) is 0 Å². The van der Waals surface area contributed by atoms with Gasteiger partial charge in [0, 0.05) is 30.8 Å². The third kappa shape index (κ3) is 3.37. The summed E-state index contributed by atoms with van der Waals surface area (Å²) in [6.07, 6.45) is 3.91. The Morgan fingerprint density at radius 2 is 2.12 bits per heavy atom. The summed E-state index contributed by atoms with van der Waals surface area (Å²) >= 11 is 6.50. The van der Waals surface area contributed by atoms with E-state index in [0.717, 1.165) is 24.0 Å². The van der Waals surface area contributed by atoms with E-state index in [4.69, 9.17) is 16.0 Å². The minimum Gasteiger partial charge on any atom is -0.441 e. The van der Waals surface area contributed by atoms with Gasteiger partial charge in [-0.05, 0) is 60.2 Å². The number of aryl methyl sites for hydroxylation is 1. The number of H-pyrrole nitrogens is 1. The Labute approximate surface area is 198 Å². The zero-order valence-electron chi connectivity index (χ0n) is 18.2. The number of nitrogens with one attached hydrogen (secondary N) is 2. The van der Waals surface area contributed by atoms with Crippen molar-refractivity contribution in [1.82, 2.24) is 14.9 Å². The first-order valence-corrected chi connectivity index (χ1v) is 11.4. The monoisotopic (exact) mass is 478 g/mol. The molecule has 2 aliphatic rings. The fourth-order valence-corrected chi connectivity index (χ4v) is 5.49. The van der Waals surface area contributed by atoms with Crippen molar-refractivity contribution < 1.29 is 13.6 Å². The summed E-state index contributed by atoms with van der Waals surface area (Å²) in [6, 6.07) is 9.13. The van der Waals surface area contributed by atoms with Gasteiger partial charge in [-0.2, -0.15) is 0 Å². The molecule has 0 aliphatic carbocycles. The molecule has 0 spiro atoms. The number of aromatic amines is 1. The van der Waals surface area contributed by atoms with Gasteiger partial charge in [0.15, 0.2) is 11.5 Å². The smallest absolute Gasteiger partial charge is 0.322 e. The molecule has 0 saturated carbocycles. The Bertz CT molecular complexity index is 1530. The van der Waals surface area contributed by atoms with E-state index in [2.05, 4.69) is 15.3 Å². The predicted molar refractivity (Wildman–Crippen MR) is 127 cm³/mol. The molecular weight excluding hydrogens is 459 g/mol. The molecule has 4 heterocycles. The highest BCUT2D eigenvalue weighted by Gasteiger charge is 2.43. The maximum atomic E-state index is 15.1. The average molecular weight is 479 g/mol. The number of aromatic nitrogens is 2. The number of benzene rings is 2. The summed E-state index contributed by atoms with van der Waals surface area (Å²) in [4.78, 5) is 33.6. The number of pyridine rings is 1. The lowest BCUT2D eigenvalue weighted by Crippen LogP contribution is -2.44. The Balaban J connectivity index is 1.28. The number of halogens is 2. The second-order valence-electron chi connectivity index (χ2n) is 8.79. The van der Waals surface area contributed by atoms with Crippen LogP contribution < -0.4 is 10.9 Å². The summed E-state index contributed by atoms with van der Waals surface area (Å²) in [5.74, 6) is -0.0404. The molecule has 2 bridgehead atoms. The SMILES string of the molecule is Cc1nc2cc(-c3cc(F)c(NC(=O)N4[C@H]5CC[C@@H]4c4c[nH]c(=O)cc4C5)cc3Cl)ccc2o1. The fraction of sp³-hybridized carbons (Fsp3) is 0.240. The number of urea groups is 1. The van der Waals surface area contributed by atoms with Gasteiger partial charge in [-0.1, -0.05) is 17.7 Å². The maximum Gasteiger partial charge on any atom is 0.322 e. The van der Waals surface area contributed by atoms with Crippen LogP contribution >= 0.6 is 11.6 Å². The molecule has 7 nitrogen and oxygen atoms in total. The fourth-order valence-electron chi connectivity index (χ4n) is 5.22. The summed E-state index contributed by atoms with van der Waals surface area (Å²) in [5.41, 5.74) is 4.27. The molecule has 1 saturated heterocycles. The largest absolute Gasteiger partial charge is 0.441 e. The van der Waals surface area contributed by atoms with Gasteiger partial charge in [0.2, 0.25) is 5.56 Å². The van der Waals surface area contributed by atoms with Gasteiger partial charge in [0.05, 0.1) is 16.8 Å². The molecule has 34 heavy (non-hydrogen) atoms. The molecule has 2 aromatic heterocycles. The second-order valence-corrected chi connectivity index (χ2v) is 9.20. The van der Waals surface area contributed by atoms with E-state index in [0.29, 0.717) is 39.6 Å². The topological polar surface area (TPSA) is 91.2 Å². The molecule has 2 N–H and O–H groups in total. The van der Waals surface area contributed by atoms with E-state index in [1.807, 2.05) is 0 Å². The van der Waals surface area contributed by atoms with E-state index in [1.165, 1.54) is 12.1 Å². The van der Waals surface area contributed by atoms with Crippen LogP contribution in [0.4, 0.5) is 14.9 Å². The van der Waals surface area contributed by atoms with E-state index < -0.39 is 5.82 Å². The number of hydrogen-bond donors (Lipinski definition) is 2. The van der Waals surface area contributed by atoms with Crippen LogP contribution in [0.15, 0.2) is 51.8 Å². The molecule has 0 radical (unpaired) electrons. The molecule has 2 atom stereocenters. The minimum absolute atomic E-state index is 0.0174. The number of anilines is 1. The van der Waals surface area contributed by atoms with Crippen molar-refractivity contribution >= 4 is 34.4 Å². The van der Waals surface area contributed by atoms with Crippen molar-refractivity contribution in [1.29, 1.82) is 0 Å². The molecule has 4 aromatic rings. The molecule has 0 unspecified atom stereocenters. The van der Waals surface area contributed by atoms with Gasteiger partial charge in [-0.3, -0.25) is 4.79 Å². The van der Waals surface area contributed by atoms with Crippen LogP contribution in [0.1, 0.15) is 35.9 Å². The highest BCUT2D eigenvalue weighted by Crippen LogP contribution is 2.43. The van der Waals surface area contributed by atoms with Crippen molar-refractivity contribution in [3.8, 4) is 11.1 Å². The Morgan fingerprint density at radius 1 is 1.26 bits per heavy atom. The van der Waals surface area contributed by atoms with Crippen molar-refractivity contribution in [3.63, 3.8) is 0 Å². The lowest BCUT2D eigenvalue weighted by atomic mass is 9.95. The predicted octanol–water partition coefficient (Wildman–Crippen LogP) is 5.58. The lowest BCUT2D eigenvalue weighted by Gasteiger charge is -2.36. The molecule has 6 rings (SSSR count). The first-order chi connectivity index (χ1) is 16.4. The van der Waals surface area contributed by atoms with E-state index >= 15 is 4.39 Å². The number of fused-ring (bicyclic) bond motifs is 5. The number of nitrogens with zero attached hydrogens (tertiary/aromatic N) is 2. The zero-order chi connectivity index (χ0) is 23.6. The normalized spacial score (nSPS) is 18.9. The molecule has 2 aliphatic heterocycles. The van der Waals surface area contributed by atoms with Crippen LogP contribution in [0.3, 0.4) is 0 Å². The molecule has 9 heteroatoms. The van der Waals surface area contributed by atoms with E-state index in [9.17, 15) is 9.59 Å². The van der Waals surface area contributed by atoms with Crippen molar-refractivity contribution in [2.24, 2.45) is 0 Å². The minimum atomic E-state index is -0.585. The van der Waals surface area contributed by atoms with Crippen molar-refractivity contribution in [3.05, 3.63) is 80.8 Å². The van der Waals surface area contributed by atoms with Crippen LogP contribution in [0.5, 0.6) is 0 Å². The quantitative estimate of drug-likeness (QED) is 0.393. The Kier molecular flexibility index (Phi) is 4.74. The molecule has 2 amide bonds. The van der Waals surface area contributed by atoms with Crippen LogP contribution in [0.2, 0.25) is 5.02 Å². The number of amides is 2. The van der Waals surface area contributed by atoms with Crippen molar-refractivity contribution in [2.45, 2.75) is 38.3 Å². The van der Waals surface area contributed by atoms with Gasteiger partial charge < -0.3 is 19.6 Å². The number of rotatable bonds is 2. The summed E-state index contributed by atoms with van der Waals surface area (Å²) < 4.78 is 20.6. The van der Waals surface area contributed by atoms with E-state index in [-0.39, 0.29) is 29.4 Å². The maximum absolute atomic E-state index is 15.1. The third-order valence-corrected chi connectivity index (χ3v) is 7.01. The Hall–Kier alpha value is -3.65. The van der Waals surface area contributed by atoms with Gasteiger partial charge in [0.1, 0.15) is 11.3 Å². The number of oxazole rings is 1. The summed E-state index contributed by atoms with van der Waals surface area (Å²) in [6.45, 7) is 1.76. The van der Waals surface area contributed by atoms with Crippen LogP contribution in [0.25, 0.3) is 22.2 Å². The number of hydrogen-bond acceptors (Lipinski definition) is 4. The first-order valence-electron chi connectivity index (χ1n) is 11.0. The number of carbonyl (C=O) groups is 1. The molecule has 1 fully saturated rings. The molecular formula is C25H20ClFN4O3. The second kappa shape index (κ2) is 7.70. The molecule has 2 aromatic carbocycles. The highest BCUT2D eigenvalue weighted by atomic mass is 35.5. The highest BCUT2D eigenvalue weighted by molar-refractivity contribution is 6.33. The lowest BCUT2D eigenvalue weighted by molar-refractivity contribution is 0.179. The summed E-state index contributed by atoms with van der Waals surface area (Å²) in [5, 5.41) is 3.01. The standard InChI is InChI=1S/C25H20ClFN4O3/c1-12-29-21-7-13(2-5-23(21)34-12)16-9-19(27)20(10-18(16)26)30-25(33)31-15-3-4-22(31)17-11-28-24(32)8-14(17)6-15/h2,5,7-11,15,22H,3-4,6H2,1H3,(H,28,32)(H,30,33)/t15-,22+/m0/s1. The zero-order valence-corrected chi connectivity index (χ0v) is 18.9. The number of carbonyl (C=O) groups excluding carboxylic acids is 1. The van der Waals surface area contributed by atoms with Crippen LogP contribution in [-0.2, 0) is 6.42 Å².